The minimum atomic E-state index is -0.115. The third-order valence-electron chi connectivity index (χ3n) is 6.23. The van der Waals surface area contributed by atoms with Gasteiger partial charge in [0.05, 0.1) is 25.1 Å². The second-order valence-electron chi connectivity index (χ2n) is 8.47. The predicted octanol–water partition coefficient (Wildman–Crippen LogP) is 3.35. The first-order chi connectivity index (χ1) is 15.7. The Morgan fingerprint density at radius 2 is 1.97 bits per heavy atom. The highest BCUT2D eigenvalue weighted by Crippen LogP contribution is 2.27. The number of carbonyl (C=O) groups is 1. The van der Waals surface area contributed by atoms with Crippen molar-refractivity contribution >= 4 is 11.6 Å². The zero-order valence-electron chi connectivity index (χ0n) is 18.3. The number of hydrogen-bond donors (Lipinski definition) is 2. The van der Waals surface area contributed by atoms with Crippen molar-refractivity contribution in [3.8, 4) is 22.6 Å². The molecule has 3 aromatic heterocycles. The summed E-state index contributed by atoms with van der Waals surface area (Å²) in [6.07, 6.45) is 9.95. The van der Waals surface area contributed by atoms with Gasteiger partial charge < -0.3 is 19.9 Å². The van der Waals surface area contributed by atoms with E-state index in [9.17, 15) is 4.79 Å². The van der Waals surface area contributed by atoms with Crippen molar-refractivity contribution in [2.45, 2.75) is 38.6 Å². The fourth-order valence-corrected chi connectivity index (χ4v) is 4.45. The Morgan fingerprint density at radius 1 is 1.16 bits per heavy atom. The van der Waals surface area contributed by atoms with Crippen LogP contribution in [0.2, 0.25) is 0 Å². The van der Waals surface area contributed by atoms with Gasteiger partial charge in [0.2, 0.25) is 0 Å². The number of morpholine rings is 1. The molecule has 5 rings (SSSR count). The number of ether oxygens (including phenoxy) is 1. The maximum atomic E-state index is 12.7. The highest BCUT2D eigenvalue weighted by Gasteiger charge is 2.22. The van der Waals surface area contributed by atoms with Crippen LogP contribution in [0.15, 0.2) is 36.8 Å². The lowest BCUT2D eigenvalue weighted by Gasteiger charge is -2.28. The van der Waals surface area contributed by atoms with Crippen LogP contribution < -0.4 is 10.2 Å². The number of pyridine rings is 2. The van der Waals surface area contributed by atoms with E-state index in [2.05, 4.69) is 36.2 Å². The fourth-order valence-electron chi connectivity index (χ4n) is 4.45. The molecule has 0 atom stereocenters. The van der Waals surface area contributed by atoms with E-state index in [1.54, 1.807) is 6.20 Å². The van der Waals surface area contributed by atoms with E-state index in [1.807, 2.05) is 31.5 Å². The van der Waals surface area contributed by atoms with Gasteiger partial charge in [-0.3, -0.25) is 14.8 Å². The number of aromatic amines is 1. The smallest absolute Gasteiger partial charge is 0.271 e. The molecule has 2 N–H and O–H groups in total. The Hall–Kier alpha value is -3.26. The molecule has 0 unspecified atom stereocenters. The first kappa shape index (κ1) is 20.6. The van der Waals surface area contributed by atoms with Crippen LogP contribution in [0.5, 0.6) is 0 Å². The summed E-state index contributed by atoms with van der Waals surface area (Å²) in [5.41, 5.74) is 4.99. The van der Waals surface area contributed by atoms with Gasteiger partial charge in [0.15, 0.2) is 5.82 Å². The monoisotopic (exact) mass is 432 g/mol. The summed E-state index contributed by atoms with van der Waals surface area (Å²) in [6, 6.07) is 6.35. The Balaban J connectivity index is 1.38. The summed E-state index contributed by atoms with van der Waals surface area (Å²) in [4.78, 5) is 31.7. The van der Waals surface area contributed by atoms with E-state index >= 15 is 0 Å². The molecule has 1 aliphatic carbocycles. The SMILES string of the molecule is Cc1[nH]c(-c2cc(-c3cncc(N4CCOCC4)c3)ccn2)nc1C(=O)NC1CCCC1. The first-order valence-corrected chi connectivity index (χ1v) is 11.3. The Bertz CT molecular complexity index is 1100. The van der Waals surface area contributed by atoms with Gasteiger partial charge in [-0.15, -0.1) is 0 Å². The molecule has 1 amide bonds. The van der Waals surface area contributed by atoms with Crippen LogP contribution in [-0.2, 0) is 4.74 Å². The number of aryl methyl sites for hydroxylation is 1. The van der Waals surface area contributed by atoms with Crippen molar-refractivity contribution < 1.29 is 9.53 Å². The molecule has 32 heavy (non-hydrogen) atoms. The number of imidazole rings is 1. The van der Waals surface area contributed by atoms with Crippen molar-refractivity contribution in [3.05, 3.63) is 48.2 Å². The number of rotatable bonds is 5. The standard InChI is InChI=1S/C24H28N6O2/c1-16-22(24(31)28-19-4-2-3-5-19)29-23(27-16)21-13-17(6-7-26-21)18-12-20(15-25-14-18)30-8-10-32-11-9-30/h6-7,12-15,19H,2-5,8-11H2,1H3,(H,27,29)(H,28,31). The van der Waals surface area contributed by atoms with Crippen molar-refractivity contribution in [2.24, 2.45) is 0 Å². The van der Waals surface area contributed by atoms with E-state index in [0.29, 0.717) is 17.2 Å². The number of hydrogen-bond acceptors (Lipinski definition) is 6. The third kappa shape index (κ3) is 4.36. The van der Waals surface area contributed by atoms with Gasteiger partial charge in [0.25, 0.3) is 5.91 Å². The van der Waals surface area contributed by atoms with E-state index in [-0.39, 0.29) is 11.9 Å². The van der Waals surface area contributed by atoms with Gasteiger partial charge in [-0.25, -0.2) is 4.98 Å². The highest BCUT2D eigenvalue weighted by atomic mass is 16.5. The average Bonchev–Trinajstić information content (AvgIpc) is 3.49. The summed E-state index contributed by atoms with van der Waals surface area (Å²) in [5, 5.41) is 3.11. The van der Waals surface area contributed by atoms with E-state index < -0.39 is 0 Å². The van der Waals surface area contributed by atoms with Crippen molar-refractivity contribution in [2.75, 3.05) is 31.2 Å². The normalized spacial score (nSPS) is 17.0. The predicted molar refractivity (Wildman–Crippen MR) is 123 cm³/mol. The number of H-pyrrole nitrogens is 1. The molecule has 1 saturated carbocycles. The third-order valence-corrected chi connectivity index (χ3v) is 6.23. The van der Waals surface area contributed by atoms with Crippen LogP contribution in [0.3, 0.4) is 0 Å². The molecule has 0 aromatic carbocycles. The zero-order valence-corrected chi connectivity index (χ0v) is 18.3. The van der Waals surface area contributed by atoms with Gasteiger partial charge in [-0.2, -0.15) is 0 Å². The second kappa shape index (κ2) is 9.08. The maximum Gasteiger partial charge on any atom is 0.271 e. The quantitative estimate of drug-likeness (QED) is 0.642. The minimum absolute atomic E-state index is 0.115. The molecule has 166 valence electrons. The molecule has 2 aliphatic rings. The average molecular weight is 433 g/mol. The second-order valence-corrected chi connectivity index (χ2v) is 8.47. The molecule has 8 heteroatoms. The van der Waals surface area contributed by atoms with Crippen molar-refractivity contribution in [1.82, 2.24) is 25.3 Å². The van der Waals surface area contributed by atoms with E-state index in [0.717, 1.165) is 61.7 Å². The Kier molecular flexibility index (Phi) is 5.85. The van der Waals surface area contributed by atoms with E-state index in [1.165, 1.54) is 12.8 Å². The number of amides is 1. The lowest BCUT2D eigenvalue weighted by molar-refractivity contribution is 0.0932. The molecule has 0 bridgehead atoms. The Labute approximate surface area is 187 Å². The lowest BCUT2D eigenvalue weighted by Crippen LogP contribution is -2.36. The molecule has 8 nitrogen and oxygen atoms in total. The van der Waals surface area contributed by atoms with Crippen LogP contribution in [-0.4, -0.2) is 58.2 Å². The van der Waals surface area contributed by atoms with Gasteiger partial charge >= 0.3 is 0 Å². The van der Waals surface area contributed by atoms with Gasteiger partial charge in [0.1, 0.15) is 11.4 Å². The first-order valence-electron chi connectivity index (χ1n) is 11.3. The van der Waals surface area contributed by atoms with Crippen LogP contribution in [0.4, 0.5) is 5.69 Å². The summed E-state index contributed by atoms with van der Waals surface area (Å²) < 4.78 is 5.46. The summed E-state index contributed by atoms with van der Waals surface area (Å²) in [5.74, 6) is 0.480. The minimum Gasteiger partial charge on any atom is -0.378 e. The topological polar surface area (TPSA) is 96.0 Å². The van der Waals surface area contributed by atoms with Crippen molar-refractivity contribution in [3.63, 3.8) is 0 Å². The molecule has 3 aromatic rings. The molecule has 1 saturated heterocycles. The summed E-state index contributed by atoms with van der Waals surface area (Å²) in [6.45, 7) is 5.07. The zero-order chi connectivity index (χ0) is 21.9. The number of carbonyl (C=O) groups excluding carboxylic acids is 1. The highest BCUT2D eigenvalue weighted by molar-refractivity contribution is 5.94. The lowest BCUT2D eigenvalue weighted by atomic mass is 10.1. The number of nitrogens with one attached hydrogen (secondary N) is 2. The maximum absolute atomic E-state index is 12.7. The number of anilines is 1. The van der Waals surface area contributed by atoms with Crippen molar-refractivity contribution in [1.29, 1.82) is 0 Å². The molecule has 2 fully saturated rings. The van der Waals surface area contributed by atoms with Crippen LogP contribution in [0.25, 0.3) is 22.6 Å². The van der Waals surface area contributed by atoms with Crippen LogP contribution in [0, 0.1) is 6.92 Å². The molecule has 0 radical (unpaired) electrons. The summed E-state index contributed by atoms with van der Waals surface area (Å²) >= 11 is 0. The molecular formula is C24H28N6O2. The molecule has 0 spiro atoms. The largest absolute Gasteiger partial charge is 0.378 e. The Morgan fingerprint density at radius 3 is 2.78 bits per heavy atom. The van der Waals surface area contributed by atoms with Gasteiger partial charge in [0, 0.05) is 42.8 Å². The molecule has 4 heterocycles. The fraction of sp³-hybridized carbons (Fsp3) is 0.417. The van der Waals surface area contributed by atoms with Crippen LogP contribution in [0.1, 0.15) is 41.9 Å². The number of aromatic nitrogens is 4. The van der Waals surface area contributed by atoms with E-state index in [4.69, 9.17) is 4.74 Å². The number of nitrogens with zero attached hydrogens (tertiary/aromatic N) is 4. The molecular weight excluding hydrogens is 404 g/mol. The van der Waals surface area contributed by atoms with Gasteiger partial charge in [-0.1, -0.05) is 12.8 Å². The molecule has 1 aliphatic heterocycles. The van der Waals surface area contributed by atoms with Gasteiger partial charge in [-0.05, 0) is 43.5 Å². The van der Waals surface area contributed by atoms with Crippen LogP contribution >= 0.6 is 0 Å². The summed E-state index contributed by atoms with van der Waals surface area (Å²) in [7, 11) is 0.